The number of hydrogen-bond acceptors (Lipinski definition) is 3. The van der Waals surface area contributed by atoms with Crippen LogP contribution in [0.15, 0.2) is 24.3 Å². The summed E-state index contributed by atoms with van der Waals surface area (Å²) < 4.78 is 0. The second kappa shape index (κ2) is 7.02. The molecule has 124 valence electrons. The Morgan fingerprint density at radius 1 is 1.22 bits per heavy atom. The van der Waals surface area contributed by atoms with Crippen molar-refractivity contribution in [2.45, 2.75) is 32.1 Å². The first-order valence-corrected chi connectivity index (χ1v) is 8.46. The maximum atomic E-state index is 12.4. The number of piperidine rings is 1. The van der Waals surface area contributed by atoms with Crippen LogP contribution in [-0.4, -0.2) is 41.5 Å². The Labute approximate surface area is 136 Å². The lowest BCUT2D eigenvalue weighted by Gasteiger charge is -2.32. The molecule has 0 spiro atoms. The van der Waals surface area contributed by atoms with Crippen LogP contribution in [0.2, 0.25) is 0 Å². The molecule has 2 N–H and O–H groups in total. The number of benzene rings is 1. The molecule has 1 aliphatic heterocycles. The minimum Gasteiger partial charge on any atom is -0.508 e. The predicted molar refractivity (Wildman–Crippen MR) is 86.8 cm³/mol. The van der Waals surface area contributed by atoms with Crippen LogP contribution in [0.1, 0.15) is 31.2 Å². The third-order valence-corrected chi connectivity index (χ3v) is 4.74. The van der Waals surface area contributed by atoms with Crippen LogP contribution in [0.4, 0.5) is 0 Å². The van der Waals surface area contributed by atoms with Crippen LogP contribution in [0.3, 0.4) is 0 Å². The van der Waals surface area contributed by atoms with Gasteiger partial charge in [-0.1, -0.05) is 18.2 Å². The van der Waals surface area contributed by atoms with E-state index in [1.807, 2.05) is 6.07 Å². The average molecular weight is 316 g/mol. The molecular formula is C18H24N2O3. The molecule has 2 fully saturated rings. The van der Waals surface area contributed by atoms with Gasteiger partial charge in [0.1, 0.15) is 5.75 Å². The van der Waals surface area contributed by atoms with E-state index in [1.165, 1.54) is 12.8 Å². The van der Waals surface area contributed by atoms with Crippen molar-refractivity contribution < 1.29 is 14.7 Å². The first-order chi connectivity index (χ1) is 11.1. The summed E-state index contributed by atoms with van der Waals surface area (Å²) in [6.45, 7) is 1.96. The van der Waals surface area contributed by atoms with Crippen LogP contribution >= 0.6 is 0 Å². The molecule has 0 unspecified atom stereocenters. The molecule has 1 saturated carbocycles. The standard InChI is InChI=1S/C18H24N2O3/c21-16-6-2-1-4-14(16)10-17(22)20-9-3-5-15(12-20)18(23)19-11-13-7-8-13/h1-2,4,6,13,15,21H,3,5,7-12H2,(H,19,23)/t15-/m1/s1. The molecule has 2 aliphatic rings. The molecule has 3 rings (SSSR count). The summed E-state index contributed by atoms with van der Waals surface area (Å²) in [7, 11) is 0. The Morgan fingerprint density at radius 2 is 2.00 bits per heavy atom. The molecule has 1 aromatic rings. The fourth-order valence-electron chi connectivity index (χ4n) is 3.06. The second-order valence-corrected chi connectivity index (χ2v) is 6.67. The third kappa shape index (κ3) is 4.24. The zero-order valence-electron chi connectivity index (χ0n) is 13.3. The van der Waals surface area contributed by atoms with E-state index in [0.29, 0.717) is 24.6 Å². The van der Waals surface area contributed by atoms with E-state index in [4.69, 9.17) is 0 Å². The number of nitrogens with one attached hydrogen (secondary N) is 1. The number of nitrogens with zero attached hydrogens (tertiary/aromatic N) is 1. The SMILES string of the molecule is O=C(NCC1CC1)[C@@H]1CCCN(C(=O)Cc2ccccc2O)C1. The number of likely N-dealkylation sites (tertiary alicyclic amines) is 1. The quantitative estimate of drug-likeness (QED) is 0.868. The van der Waals surface area contributed by atoms with Crippen molar-refractivity contribution in [2.24, 2.45) is 11.8 Å². The number of aromatic hydroxyl groups is 1. The molecule has 0 radical (unpaired) electrons. The van der Waals surface area contributed by atoms with E-state index in [2.05, 4.69) is 5.32 Å². The summed E-state index contributed by atoms with van der Waals surface area (Å²) in [5.74, 6) is 0.775. The zero-order valence-corrected chi connectivity index (χ0v) is 13.3. The maximum absolute atomic E-state index is 12.4. The van der Waals surface area contributed by atoms with Crippen molar-refractivity contribution >= 4 is 11.8 Å². The van der Waals surface area contributed by atoms with Gasteiger partial charge in [-0.2, -0.15) is 0 Å². The molecule has 1 heterocycles. The van der Waals surface area contributed by atoms with Crippen molar-refractivity contribution in [3.8, 4) is 5.75 Å². The predicted octanol–water partition coefficient (Wildman–Crippen LogP) is 1.70. The minimum absolute atomic E-state index is 0.0220. The lowest BCUT2D eigenvalue weighted by atomic mass is 9.96. The molecule has 1 atom stereocenters. The zero-order chi connectivity index (χ0) is 16.2. The molecule has 23 heavy (non-hydrogen) atoms. The maximum Gasteiger partial charge on any atom is 0.227 e. The van der Waals surface area contributed by atoms with E-state index in [0.717, 1.165) is 19.4 Å². The van der Waals surface area contributed by atoms with Gasteiger partial charge in [-0.05, 0) is 37.7 Å². The summed E-state index contributed by atoms with van der Waals surface area (Å²) in [5, 5.41) is 12.8. The molecule has 5 heteroatoms. The molecule has 1 aliphatic carbocycles. The number of amides is 2. The van der Waals surface area contributed by atoms with Crippen molar-refractivity contribution in [3.05, 3.63) is 29.8 Å². The number of carbonyl (C=O) groups excluding carboxylic acids is 2. The molecular weight excluding hydrogens is 292 g/mol. The number of hydrogen-bond donors (Lipinski definition) is 2. The second-order valence-electron chi connectivity index (χ2n) is 6.67. The van der Waals surface area contributed by atoms with Crippen LogP contribution in [0, 0.1) is 11.8 Å². The Bertz CT molecular complexity index is 583. The number of carbonyl (C=O) groups is 2. The van der Waals surface area contributed by atoms with Gasteiger partial charge in [0, 0.05) is 25.2 Å². The topological polar surface area (TPSA) is 69.6 Å². The van der Waals surface area contributed by atoms with Crippen LogP contribution in [-0.2, 0) is 16.0 Å². The van der Waals surface area contributed by atoms with Gasteiger partial charge in [0.2, 0.25) is 11.8 Å². The average Bonchev–Trinajstić information content (AvgIpc) is 3.39. The van der Waals surface area contributed by atoms with Gasteiger partial charge in [0.15, 0.2) is 0 Å². The van der Waals surface area contributed by atoms with Crippen molar-refractivity contribution in [3.63, 3.8) is 0 Å². The van der Waals surface area contributed by atoms with Gasteiger partial charge in [0.05, 0.1) is 12.3 Å². The normalized spacial score (nSPS) is 21.0. The highest BCUT2D eigenvalue weighted by Crippen LogP contribution is 2.28. The highest BCUT2D eigenvalue weighted by atomic mass is 16.3. The Balaban J connectivity index is 1.53. The number of rotatable bonds is 5. The summed E-state index contributed by atoms with van der Waals surface area (Å²) in [6.07, 6.45) is 4.32. The van der Waals surface area contributed by atoms with Gasteiger partial charge < -0.3 is 15.3 Å². The van der Waals surface area contributed by atoms with Gasteiger partial charge in [0.25, 0.3) is 0 Å². The summed E-state index contributed by atoms with van der Waals surface area (Å²) >= 11 is 0. The fourth-order valence-corrected chi connectivity index (χ4v) is 3.06. The Hall–Kier alpha value is -2.04. The van der Waals surface area contributed by atoms with E-state index in [9.17, 15) is 14.7 Å². The highest BCUT2D eigenvalue weighted by molar-refractivity contribution is 5.82. The Kier molecular flexibility index (Phi) is 4.84. The van der Waals surface area contributed by atoms with E-state index in [-0.39, 0.29) is 29.9 Å². The number of para-hydroxylation sites is 1. The minimum atomic E-state index is -0.101. The van der Waals surface area contributed by atoms with Crippen LogP contribution < -0.4 is 5.32 Å². The number of phenolic OH excluding ortho intramolecular Hbond substituents is 1. The molecule has 1 aromatic carbocycles. The van der Waals surface area contributed by atoms with Crippen LogP contribution in [0.25, 0.3) is 0 Å². The molecule has 0 aromatic heterocycles. The van der Waals surface area contributed by atoms with E-state index in [1.54, 1.807) is 23.1 Å². The van der Waals surface area contributed by atoms with Crippen molar-refractivity contribution in [2.75, 3.05) is 19.6 Å². The van der Waals surface area contributed by atoms with E-state index < -0.39 is 0 Å². The van der Waals surface area contributed by atoms with E-state index >= 15 is 0 Å². The third-order valence-electron chi connectivity index (χ3n) is 4.74. The summed E-state index contributed by atoms with van der Waals surface area (Å²) in [4.78, 5) is 26.4. The summed E-state index contributed by atoms with van der Waals surface area (Å²) in [6, 6.07) is 6.90. The van der Waals surface area contributed by atoms with Crippen LogP contribution in [0.5, 0.6) is 5.75 Å². The summed E-state index contributed by atoms with van der Waals surface area (Å²) in [5.41, 5.74) is 0.637. The van der Waals surface area contributed by atoms with Gasteiger partial charge in [-0.25, -0.2) is 0 Å². The molecule has 1 saturated heterocycles. The number of phenols is 1. The first-order valence-electron chi connectivity index (χ1n) is 8.46. The van der Waals surface area contributed by atoms with Gasteiger partial charge in [-0.3, -0.25) is 9.59 Å². The Morgan fingerprint density at radius 3 is 2.74 bits per heavy atom. The first kappa shape index (κ1) is 15.8. The molecule has 5 nitrogen and oxygen atoms in total. The molecule has 2 amide bonds. The van der Waals surface area contributed by atoms with Crippen molar-refractivity contribution in [1.82, 2.24) is 10.2 Å². The fraction of sp³-hybridized carbons (Fsp3) is 0.556. The van der Waals surface area contributed by atoms with Gasteiger partial charge >= 0.3 is 0 Å². The highest BCUT2D eigenvalue weighted by Gasteiger charge is 2.30. The van der Waals surface area contributed by atoms with Gasteiger partial charge in [-0.15, -0.1) is 0 Å². The lowest BCUT2D eigenvalue weighted by molar-refractivity contribution is -0.135. The largest absolute Gasteiger partial charge is 0.508 e. The smallest absolute Gasteiger partial charge is 0.227 e. The lowest BCUT2D eigenvalue weighted by Crippen LogP contribution is -2.46. The van der Waals surface area contributed by atoms with Crippen molar-refractivity contribution in [1.29, 1.82) is 0 Å². The monoisotopic (exact) mass is 316 g/mol. The molecule has 0 bridgehead atoms.